The maximum absolute atomic E-state index is 5.27. The van der Waals surface area contributed by atoms with Crippen LogP contribution >= 0.6 is 0 Å². The third kappa shape index (κ3) is 1.98. The minimum absolute atomic E-state index is 0.259. The predicted molar refractivity (Wildman–Crippen MR) is 53.0 cm³/mol. The number of methoxy groups -OCH3 is 1. The van der Waals surface area contributed by atoms with Gasteiger partial charge < -0.3 is 19.0 Å². The summed E-state index contributed by atoms with van der Waals surface area (Å²) in [6.45, 7) is 0.700. The van der Waals surface area contributed by atoms with E-state index < -0.39 is 0 Å². The van der Waals surface area contributed by atoms with E-state index in [0.29, 0.717) is 18.8 Å². The lowest BCUT2D eigenvalue weighted by Crippen LogP contribution is -2.04. The first-order valence-electron chi connectivity index (χ1n) is 4.63. The average molecular weight is 211 g/mol. The minimum Gasteiger partial charge on any atom is -0.496 e. The van der Waals surface area contributed by atoms with Crippen LogP contribution in [0.5, 0.6) is 17.2 Å². The van der Waals surface area contributed by atoms with E-state index in [2.05, 4.69) is 4.84 Å². The van der Waals surface area contributed by atoms with Crippen LogP contribution in [0.3, 0.4) is 0 Å². The molecule has 2 N–H and O–H groups in total. The molecule has 1 aliphatic heterocycles. The highest BCUT2D eigenvalue weighted by atomic mass is 16.7. The van der Waals surface area contributed by atoms with Gasteiger partial charge in [0.1, 0.15) is 5.75 Å². The Kier molecular flexibility index (Phi) is 2.94. The normalized spacial score (nSPS) is 12.9. The van der Waals surface area contributed by atoms with E-state index in [1.807, 2.05) is 12.1 Å². The van der Waals surface area contributed by atoms with Crippen LogP contribution in [0.15, 0.2) is 12.1 Å². The highest BCUT2D eigenvalue weighted by Crippen LogP contribution is 2.38. The fraction of sp³-hybridized carbons (Fsp3) is 0.400. The Hall–Kier alpha value is -1.46. The average Bonchev–Trinajstić information content (AvgIpc) is 2.71. The zero-order chi connectivity index (χ0) is 10.7. The molecule has 0 bridgehead atoms. The summed E-state index contributed by atoms with van der Waals surface area (Å²) < 4.78 is 15.7. The molecule has 0 saturated carbocycles. The van der Waals surface area contributed by atoms with Crippen molar-refractivity contribution in [3.8, 4) is 17.2 Å². The number of benzene rings is 1. The Morgan fingerprint density at radius 1 is 1.33 bits per heavy atom. The maximum Gasteiger partial charge on any atom is 0.231 e. The van der Waals surface area contributed by atoms with E-state index in [-0.39, 0.29) is 6.79 Å². The molecule has 0 aliphatic carbocycles. The van der Waals surface area contributed by atoms with Gasteiger partial charge in [-0.15, -0.1) is 0 Å². The number of ether oxygens (including phenoxy) is 3. The maximum atomic E-state index is 5.27. The van der Waals surface area contributed by atoms with Crippen molar-refractivity contribution in [1.82, 2.24) is 0 Å². The molecule has 2 rings (SSSR count). The number of fused-ring (bicyclic) bond motifs is 1. The molecule has 5 heteroatoms. The summed E-state index contributed by atoms with van der Waals surface area (Å²) in [5.74, 6) is 7.20. The monoisotopic (exact) mass is 211 g/mol. The molecule has 0 saturated heterocycles. The van der Waals surface area contributed by atoms with Gasteiger partial charge in [0.25, 0.3) is 0 Å². The SMILES string of the molecule is COc1cc2c(cc1CCON)OCO2. The van der Waals surface area contributed by atoms with Gasteiger partial charge in [0.05, 0.1) is 13.7 Å². The largest absolute Gasteiger partial charge is 0.496 e. The summed E-state index contributed by atoms with van der Waals surface area (Å²) in [6.07, 6.45) is 0.677. The Bertz CT molecular complexity index is 354. The van der Waals surface area contributed by atoms with Gasteiger partial charge in [-0.3, -0.25) is 0 Å². The third-order valence-corrected chi connectivity index (χ3v) is 2.26. The second kappa shape index (κ2) is 4.37. The van der Waals surface area contributed by atoms with Gasteiger partial charge in [0.2, 0.25) is 6.79 Å². The molecule has 0 unspecified atom stereocenters. The number of hydrogen-bond acceptors (Lipinski definition) is 5. The van der Waals surface area contributed by atoms with Crippen molar-refractivity contribution in [3.63, 3.8) is 0 Å². The van der Waals surface area contributed by atoms with Crippen LogP contribution in [-0.4, -0.2) is 20.5 Å². The Morgan fingerprint density at radius 3 is 2.73 bits per heavy atom. The minimum atomic E-state index is 0.259. The van der Waals surface area contributed by atoms with Crippen LogP contribution in [0.1, 0.15) is 5.56 Å². The summed E-state index contributed by atoms with van der Waals surface area (Å²) in [5.41, 5.74) is 0.993. The van der Waals surface area contributed by atoms with Crippen molar-refractivity contribution in [2.75, 3.05) is 20.5 Å². The van der Waals surface area contributed by atoms with Crippen molar-refractivity contribution in [1.29, 1.82) is 0 Å². The second-order valence-electron chi connectivity index (χ2n) is 3.14. The molecule has 1 aliphatic rings. The van der Waals surface area contributed by atoms with Crippen LogP contribution in [-0.2, 0) is 11.3 Å². The molecular formula is C10H13NO4. The second-order valence-corrected chi connectivity index (χ2v) is 3.14. The standard InChI is InChI=1S/C10H13NO4/c1-12-8-5-10-9(13-6-14-10)4-7(8)2-3-15-11/h4-5H,2-3,6,11H2,1H3. The summed E-state index contributed by atoms with van der Waals surface area (Å²) in [6, 6.07) is 3.70. The van der Waals surface area contributed by atoms with E-state index in [9.17, 15) is 0 Å². The third-order valence-electron chi connectivity index (χ3n) is 2.26. The molecule has 0 fully saturated rings. The number of rotatable bonds is 4. The molecule has 0 spiro atoms. The van der Waals surface area contributed by atoms with Crippen LogP contribution in [0, 0.1) is 0 Å². The predicted octanol–water partition coefficient (Wildman–Crippen LogP) is 0.857. The highest BCUT2D eigenvalue weighted by Gasteiger charge is 2.17. The van der Waals surface area contributed by atoms with Crippen molar-refractivity contribution in [3.05, 3.63) is 17.7 Å². The zero-order valence-electron chi connectivity index (χ0n) is 8.49. The molecule has 5 nitrogen and oxygen atoms in total. The van der Waals surface area contributed by atoms with Gasteiger partial charge in [0, 0.05) is 18.1 Å². The van der Waals surface area contributed by atoms with Crippen molar-refractivity contribution < 1.29 is 19.0 Å². The molecule has 0 atom stereocenters. The van der Waals surface area contributed by atoms with E-state index in [4.69, 9.17) is 20.1 Å². The topological polar surface area (TPSA) is 62.9 Å². The first kappa shape index (κ1) is 10.1. The van der Waals surface area contributed by atoms with Gasteiger partial charge in [0.15, 0.2) is 11.5 Å². The molecular weight excluding hydrogens is 198 g/mol. The molecule has 1 aromatic carbocycles. The van der Waals surface area contributed by atoms with E-state index >= 15 is 0 Å². The summed E-state index contributed by atoms with van der Waals surface area (Å²) in [4.78, 5) is 4.54. The first-order chi connectivity index (χ1) is 7.35. The highest BCUT2D eigenvalue weighted by molar-refractivity contribution is 5.51. The van der Waals surface area contributed by atoms with Gasteiger partial charge >= 0.3 is 0 Å². The van der Waals surface area contributed by atoms with Gasteiger partial charge in [-0.05, 0) is 6.07 Å². The Labute approximate surface area is 87.6 Å². The molecule has 82 valence electrons. The van der Waals surface area contributed by atoms with Gasteiger partial charge in [-0.2, -0.15) is 0 Å². The van der Waals surface area contributed by atoms with Gasteiger partial charge in [-0.25, -0.2) is 5.90 Å². The van der Waals surface area contributed by atoms with Crippen LogP contribution in [0.4, 0.5) is 0 Å². The molecule has 0 aromatic heterocycles. The molecule has 15 heavy (non-hydrogen) atoms. The smallest absolute Gasteiger partial charge is 0.231 e. The number of hydrogen-bond donors (Lipinski definition) is 1. The lowest BCUT2D eigenvalue weighted by atomic mass is 10.1. The lowest BCUT2D eigenvalue weighted by Gasteiger charge is -2.08. The summed E-state index contributed by atoms with van der Waals surface area (Å²) >= 11 is 0. The summed E-state index contributed by atoms with van der Waals surface area (Å²) in [7, 11) is 1.62. The first-order valence-corrected chi connectivity index (χ1v) is 4.63. The van der Waals surface area contributed by atoms with Crippen LogP contribution in [0.25, 0.3) is 0 Å². The van der Waals surface area contributed by atoms with Crippen LogP contribution in [0.2, 0.25) is 0 Å². The Morgan fingerprint density at radius 2 is 2.07 bits per heavy atom. The summed E-state index contributed by atoms with van der Waals surface area (Å²) in [5, 5.41) is 0. The molecule has 1 aromatic rings. The van der Waals surface area contributed by atoms with Crippen molar-refractivity contribution in [2.24, 2.45) is 5.90 Å². The van der Waals surface area contributed by atoms with E-state index in [1.165, 1.54) is 0 Å². The van der Waals surface area contributed by atoms with Crippen molar-refractivity contribution in [2.45, 2.75) is 6.42 Å². The molecule has 0 amide bonds. The van der Waals surface area contributed by atoms with E-state index in [0.717, 1.165) is 17.1 Å². The van der Waals surface area contributed by atoms with Gasteiger partial charge in [-0.1, -0.05) is 0 Å². The molecule has 1 heterocycles. The fourth-order valence-electron chi connectivity index (χ4n) is 1.52. The van der Waals surface area contributed by atoms with Crippen LogP contribution < -0.4 is 20.1 Å². The number of nitrogens with two attached hydrogens (primary N) is 1. The molecule has 0 radical (unpaired) electrons. The lowest BCUT2D eigenvalue weighted by molar-refractivity contribution is 0.140. The quantitative estimate of drug-likeness (QED) is 0.748. The van der Waals surface area contributed by atoms with E-state index in [1.54, 1.807) is 7.11 Å². The zero-order valence-corrected chi connectivity index (χ0v) is 8.49. The fourth-order valence-corrected chi connectivity index (χ4v) is 1.52. The Balaban J connectivity index is 2.27. The van der Waals surface area contributed by atoms with Crippen molar-refractivity contribution >= 4 is 0 Å².